The van der Waals surface area contributed by atoms with E-state index >= 15 is 0 Å². The number of nitrogen functional groups attached to an aromatic ring is 1. The second-order valence-corrected chi connectivity index (χ2v) is 7.55. The number of carbonyl (C=O) groups excluding carboxylic acids is 2. The first-order chi connectivity index (χ1) is 15.1. The van der Waals surface area contributed by atoms with Crippen LogP contribution in [0.2, 0.25) is 0 Å². The predicted octanol–water partition coefficient (Wildman–Crippen LogP) is 5.16. The summed E-state index contributed by atoms with van der Waals surface area (Å²) in [6.45, 7) is 0. The predicted molar refractivity (Wildman–Crippen MR) is 122 cm³/mol. The Morgan fingerprint density at radius 1 is 0.968 bits per heavy atom. The number of amides is 1. The number of carbonyl (C=O) groups is 2. The summed E-state index contributed by atoms with van der Waals surface area (Å²) >= 11 is 1.11. The lowest BCUT2D eigenvalue weighted by Crippen LogP contribution is -2.15. The zero-order chi connectivity index (χ0) is 21.8. The molecule has 8 heteroatoms. The van der Waals surface area contributed by atoms with E-state index in [1.807, 2.05) is 30.3 Å². The molecule has 0 unspecified atom stereocenters. The van der Waals surface area contributed by atoms with Gasteiger partial charge in [0.15, 0.2) is 5.76 Å². The maximum absolute atomic E-state index is 13.1. The van der Waals surface area contributed by atoms with E-state index in [2.05, 4.69) is 10.6 Å². The summed E-state index contributed by atoms with van der Waals surface area (Å²) in [6.07, 6.45) is 1.41. The van der Waals surface area contributed by atoms with Crippen LogP contribution in [0.1, 0.15) is 25.8 Å². The molecule has 7 nitrogen and oxygen atoms in total. The van der Waals surface area contributed by atoms with Gasteiger partial charge in [-0.25, -0.2) is 0 Å². The molecule has 4 aromatic rings. The number of para-hydroxylation sites is 1. The highest BCUT2D eigenvalue weighted by molar-refractivity contribution is 7.19. The number of methoxy groups -OCH3 is 1. The SMILES string of the molecule is COc1ccc(NC(=O)c2c(Nc3ccccc3)sc(C(=O)c3ccco3)c2N)cc1. The van der Waals surface area contributed by atoms with Crippen molar-refractivity contribution in [3.63, 3.8) is 0 Å². The molecular weight excluding hydrogens is 414 g/mol. The van der Waals surface area contributed by atoms with Crippen LogP contribution in [-0.2, 0) is 0 Å². The smallest absolute Gasteiger partial charge is 0.260 e. The van der Waals surface area contributed by atoms with Crippen molar-refractivity contribution in [2.75, 3.05) is 23.5 Å². The zero-order valence-corrected chi connectivity index (χ0v) is 17.4. The molecule has 0 bridgehead atoms. The lowest BCUT2D eigenvalue weighted by molar-refractivity contribution is 0.101. The molecule has 156 valence electrons. The number of hydrogen-bond acceptors (Lipinski definition) is 7. The van der Waals surface area contributed by atoms with Crippen LogP contribution >= 0.6 is 11.3 Å². The van der Waals surface area contributed by atoms with Crippen LogP contribution < -0.4 is 21.1 Å². The Balaban J connectivity index is 1.71. The number of anilines is 4. The largest absolute Gasteiger partial charge is 0.497 e. The van der Waals surface area contributed by atoms with Crippen molar-refractivity contribution in [2.24, 2.45) is 0 Å². The molecule has 0 spiro atoms. The molecule has 0 aliphatic rings. The van der Waals surface area contributed by atoms with Gasteiger partial charge < -0.3 is 25.5 Å². The van der Waals surface area contributed by atoms with Crippen molar-refractivity contribution in [1.29, 1.82) is 0 Å². The highest BCUT2D eigenvalue weighted by atomic mass is 32.1. The Hall–Kier alpha value is -4.04. The minimum atomic E-state index is -0.434. The van der Waals surface area contributed by atoms with E-state index in [4.69, 9.17) is 14.9 Å². The van der Waals surface area contributed by atoms with Crippen LogP contribution in [0.25, 0.3) is 0 Å². The molecule has 0 radical (unpaired) electrons. The Bertz CT molecular complexity index is 1200. The number of nitrogens with two attached hydrogens (primary N) is 1. The number of nitrogens with one attached hydrogen (secondary N) is 2. The number of benzene rings is 2. The molecular formula is C23H19N3O4S. The fraction of sp³-hybridized carbons (Fsp3) is 0.0435. The third-order valence-electron chi connectivity index (χ3n) is 4.50. The van der Waals surface area contributed by atoms with E-state index in [1.54, 1.807) is 43.5 Å². The number of ether oxygens (including phenoxy) is 1. The number of ketones is 1. The second kappa shape index (κ2) is 8.76. The first-order valence-corrected chi connectivity index (χ1v) is 10.2. The van der Waals surface area contributed by atoms with Gasteiger partial charge in [-0.15, -0.1) is 11.3 Å². The highest BCUT2D eigenvalue weighted by Gasteiger charge is 2.27. The molecule has 0 fully saturated rings. The second-order valence-electron chi connectivity index (χ2n) is 6.53. The number of furan rings is 1. The molecule has 4 rings (SSSR count). The summed E-state index contributed by atoms with van der Waals surface area (Å²) in [4.78, 5) is 26.2. The molecule has 31 heavy (non-hydrogen) atoms. The van der Waals surface area contributed by atoms with E-state index < -0.39 is 5.91 Å². The van der Waals surface area contributed by atoms with Gasteiger partial charge in [0.2, 0.25) is 5.78 Å². The van der Waals surface area contributed by atoms with Gasteiger partial charge in [0.1, 0.15) is 15.6 Å². The van der Waals surface area contributed by atoms with Crippen LogP contribution in [0.5, 0.6) is 5.75 Å². The van der Waals surface area contributed by atoms with E-state index in [0.29, 0.717) is 16.4 Å². The molecule has 1 amide bonds. The molecule has 2 heterocycles. The van der Waals surface area contributed by atoms with Crippen LogP contribution in [0.15, 0.2) is 77.4 Å². The average molecular weight is 433 g/mol. The molecule has 4 N–H and O–H groups in total. The standard InChI is InChI=1S/C23H19N3O4S/c1-29-16-11-9-15(10-12-16)25-22(28)18-19(24)21(20(27)17-8-5-13-30-17)31-23(18)26-14-6-3-2-4-7-14/h2-13,26H,24H2,1H3,(H,25,28). The zero-order valence-electron chi connectivity index (χ0n) is 16.5. The molecule has 0 saturated heterocycles. The Labute approximate surface area is 182 Å². The summed E-state index contributed by atoms with van der Waals surface area (Å²) in [5.74, 6) is 0.00934. The van der Waals surface area contributed by atoms with Gasteiger partial charge in [-0.3, -0.25) is 9.59 Å². The maximum Gasteiger partial charge on any atom is 0.260 e. The van der Waals surface area contributed by atoms with Gasteiger partial charge in [-0.2, -0.15) is 0 Å². The van der Waals surface area contributed by atoms with Crippen LogP contribution in [0.3, 0.4) is 0 Å². The highest BCUT2D eigenvalue weighted by Crippen LogP contribution is 2.39. The van der Waals surface area contributed by atoms with E-state index in [9.17, 15) is 9.59 Å². The molecule has 0 aliphatic heterocycles. The van der Waals surface area contributed by atoms with Crippen LogP contribution in [0, 0.1) is 0 Å². The van der Waals surface area contributed by atoms with Gasteiger partial charge >= 0.3 is 0 Å². The van der Waals surface area contributed by atoms with Gasteiger partial charge in [-0.1, -0.05) is 18.2 Å². The number of thiophene rings is 1. The quantitative estimate of drug-likeness (QED) is 0.348. The fourth-order valence-corrected chi connectivity index (χ4v) is 4.05. The summed E-state index contributed by atoms with van der Waals surface area (Å²) in [6, 6.07) is 19.4. The van der Waals surface area contributed by atoms with Crippen LogP contribution in [0.4, 0.5) is 22.1 Å². The first kappa shape index (κ1) is 20.2. The van der Waals surface area contributed by atoms with Crippen LogP contribution in [-0.4, -0.2) is 18.8 Å². The molecule has 0 saturated carbocycles. The van der Waals surface area contributed by atoms with Crippen molar-refractivity contribution in [3.8, 4) is 5.75 Å². The van der Waals surface area contributed by atoms with Gasteiger partial charge in [-0.05, 0) is 48.5 Å². The van der Waals surface area contributed by atoms with Gasteiger partial charge in [0.05, 0.1) is 24.6 Å². The van der Waals surface area contributed by atoms with E-state index in [-0.39, 0.29) is 27.7 Å². The number of rotatable bonds is 7. The molecule has 2 aromatic heterocycles. The van der Waals surface area contributed by atoms with E-state index in [0.717, 1.165) is 17.0 Å². The Morgan fingerprint density at radius 3 is 2.35 bits per heavy atom. The van der Waals surface area contributed by atoms with E-state index in [1.165, 1.54) is 6.26 Å². The number of hydrogen-bond donors (Lipinski definition) is 3. The molecule has 0 aliphatic carbocycles. The van der Waals surface area contributed by atoms with Crippen molar-refractivity contribution in [1.82, 2.24) is 0 Å². The van der Waals surface area contributed by atoms with Gasteiger partial charge in [0, 0.05) is 11.4 Å². The summed E-state index contributed by atoms with van der Waals surface area (Å²) in [5.41, 5.74) is 7.91. The third-order valence-corrected chi connectivity index (χ3v) is 5.62. The summed E-state index contributed by atoms with van der Waals surface area (Å²) < 4.78 is 10.4. The lowest BCUT2D eigenvalue weighted by Gasteiger charge is -2.10. The van der Waals surface area contributed by atoms with Crippen molar-refractivity contribution in [3.05, 3.63) is 89.2 Å². The Morgan fingerprint density at radius 2 is 1.71 bits per heavy atom. The average Bonchev–Trinajstić information content (AvgIpc) is 3.43. The minimum absolute atomic E-state index is 0.0934. The monoisotopic (exact) mass is 433 g/mol. The van der Waals surface area contributed by atoms with Crippen molar-refractivity contribution in [2.45, 2.75) is 0 Å². The minimum Gasteiger partial charge on any atom is -0.497 e. The Kier molecular flexibility index (Phi) is 5.72. The fourth-order valence-electron chi connectivity index (χ4n) is 2.97. The first-order valence-electron chi connectivity index (χ1n) is 9.34. The summed E-state index contributed by atoms with van der Waals surface area (Å²) in [5, 5.41) is 6.48. The lowest BCUT2D eigenvalue weighted by atomic mass is 10.1. The van der Waals surface area contributed by atoms with Gasteiger partial charge in [0.25, 0.3) is 5.91 Å². The topological polar surface area (TPSA) is 107 Å². The molecule has 0 atom stereocenters. The summed E-state index contributed by atoms with van der Waals surface area (Å²) in [7, 11) is 1.57. The maximum atomic E-state index is 13.1. The normalized spacial score (nSPS) is 10.5. The third kappa shape index (κ3) is 4.29. The van der Waals surface area contributed by atoms with Crippen molar-refractivity contribution >= 4 is 45.1 Å². The molecule has 2 aromatic carbocycles. The van der Waals surface area contributed by atoms with Crippen molar-refractivity contribution < 1.29 is 18.7 Å².